The molecule has 0 spiro atoms. The Morgan fingerprint density at radius 2 is 2.00 bits per heavy atom. The van der Waals surface area contributed by atoms with Crippen molar-refractivity contribution < 1.29 is 0 Å². The summed E-state index contributed by atoms with van der Waals surface area (Å²) in [5.41, 5.74) is 5.58. The standard InChI is InChI=1S/C12H19N5S/c1-12(2,11(13)18)17-8-6-16(7-9-17)10-4-3-5-14-15-10/h3-5H,6-9H2,1-2H3,(H2,13,18). The third-order valence-corrected chi connectivity index (χ3v) is 4.05. The maximum Gasteiger partial charge on any atom is 0.151 e. The van der Waals surface area contributed by atoms with Crippen molar-refractivity contribution in [2.24, 2.45) is 5.73 Å². The highest BCUT2D eigenvalue weighted by atomic mass is 32.1. The van der Waals surface area contributed by atoms with Crippen molar-refractivity contribution in [1.82, 2.24) is 15.1 Å². The molecule has 1 fully saturated rings. The van der Waals surface area contributed by atoms with Crippen molar-refractivity contribution in [3.63, 3.8) is 0 Å². The molecule has 18 heavy (non-hydrogen) atoms. The first-order valence-electron chi connectivity index (χ1n) is 6.09. The molecule has 2 heterocycles. The molecule has 1 aliphatic heterocycles. The first-order valence-corrected chi connectivity index (χ1v) is 6.50. The number of anilines is 1. The van der Waals surface area contributed by atoms with Gasteiger partial charge in [0.05, 0.1) is 10.5 Å². The van der Waals surface area contributed by atoms with E-state index in [9.17, 15) is 0 Å². The van der Waals surface area contributed by atoms with Crippen LogP contribution in [0.1, 0.15) is 13.8 Å². The van der Waals surface area contributed by atoms with E-state index in [0.29, 0.717) is 4.99 Å². The summed E-state index contributed by atoms with van der Waals surface area (Å²) in [6, 6.07) is 3.90. The fraction of sp³-hybridized carbons (Fsp3) is 0.583. The number of nitrogens with zero attached hydrogens (tertiary/aromatic N) is 4. The van der Waals surface area contributed by atoms with Crippen LogP contribution in [0.15, 0.2) is 18.3 Å². The predicted octanol–water partition coefficient (Wildman–Crippen LogP) is 0.663. The molecule has 98 valence electrons. The molecule has 0 amide bonds. The van der Waals surface area contributed by atoms with Gasteiger partial charge < -0.3 is 10.6 Å². The zero-order chi connectivity index (χ0) is 13.2. The Morgan fingerprint density at radius 3 is 2.50 bits per heavy atom. The van der Waals surface area contributed by atoms with Crippen molar-refractivity contribution in [2.45, 2.75) is 19.4 Å². The third-order valence-electron chi connectivity index (χ3n) is 3.56. The van der Waals surface area contributed by atoms with E-state index >= 15 is 0 Å². The van der Waals surface area contributed by atoms with E-state index in [-0.39, 0.29) is 5.54 Å². The van der Waals surface area contributed by atoms with Crippen LogP contribution in [0.25, 0.3) is 0 Å². The molecule has 1 aromatic heterocycles. The molecule has 6 heteroatoms. The highest BCUT2D eigenvalue weighted by Gasteiger charge is 2.32. The van der Waals surface area contributed by atoms with Gasteiger partial charge in [0, 0.05) is 32.4 Å². The number of piperazine rings is 1. The number of rotatable bonds is 3. The molecular formula is C12H19N5S. The van der Waals surface area contributed by atoms with Gasteiger partial charge >= 0.3 is 0 Å². The van der Waals surface area contributed by atoms with Crippen molar-refractivity contribution >= 4 is 23.0 Å². The van der Waals surface area contributed by atoms with E-state index in [4.69, 9.17) is 18.0 Å². The monoisotopic (exact) mass is 265 g/mol. The molecule has 2 N–H and O–H groups in total. The van der Waals surface area contributed by atoms with Crippen LogP contribution in [0.3, 0.4) is 0 Å². The fourth-order valence-electron chi connectivity index (χ4n) is 2.11. The van der Waals surface area contributed by atoms with Gasteiger partial charge in [-0.2, -0.15) is 5.10 Å². The Hall–Kier alpha value is -1.27. The minimum absolute atomic E-state index is 0.218. The average Bonchev–Trinajstić information content (AvgIpc) is 2.40. The number of nitrogens with two attached hydrogens (primary N) is 1. The smallest absolute Gasteiger partial charge is 0.151 e. The summed E-state index contributed by atoms with van der Waals surface area (Å²) in [6.07, 6.45) is 1.69. The molecule has 0 aromatic carbocycles. The van der Waals surface area contributed by atoms with Crippen molar-refractivity contribution in [3.8, 4) is 0 Å². The van der Waals surface area contributed by atoms with Gasteiger partial charge in [-0.1, -0.05) is 12.2 Å². The van der Waals surface area contributed by atoms with Gasteiger partial charge in [-0.15, -0.1) is 5.10 Å². The molecule has 1 aliphatic rings. The molecule has 0 bridgehead atoms. The zero-order valence-corrected chi connectivity index (χ0v) is 11.7. The Morgan fingerprint density at radius 1 is 1.33 bits per heavy atom. The van der Waals surface area contributed by atoms with E-state index in [0.717, 1.165) is 32.0 Å². The van der Waals surface area contributed by atoms with Crippen molar-refractivity contribution in [2.75, 3.05) is 31.1 Å². The summed E-state index contributed by atoms with van der Waals surface area (Å²) >= 11 is 5.14. The maximum atomic E-state index is 5.80. The van der Waals surface area contributed by atoms with Crippen LogP contribution >= 0.6 is 12.2 Å². The van der Waals surface area contributed by atoms with Gasteiger partial charge in [-0.3, -0.25) is 4.90 Å². The largest absolute Gasteiger partial charge is 0.392 e. The first-order chi connectivity index (χ1) is 8.51. The lowest BCUT2D eigenvalue weighted by Crippen LogP contribution is -2.59. The Bertz CT molecular complexity index is 412. The lowest BCUT2D eigenvalue weighted by Gasteiger charge is -2.43. The van der Waals surface area contributed by atoms with Crippen LogP contribution in [0.5, 0.6) is 0 Å². The Balaban J connectivity index is 1.99. The molecule has 0 radical (unpaired) electrons. The summed E-state index contributed by atoms with van der Waals surface area (Å²) in [7, 11) is 0. The van der Waals surface area contributed by atoms with E-state index in [1.54, 1.807) is 6.20 Å². The average molecular weight is 265 g/mol. The topological polar surface area (TPSA) is 58.3 Å². The molecule has 2 rings (SSSR count). The first kappa shape index (κ1) is 13.2. The molecule has 0 unspecified atom stereocenters. The summed E-state index contributed by atoms with van der Waals surface area (Å²) in [4.78, 5) is 5.11. The lowest BCUT2D eigenvalue weighted by atomic mass is 10.0. The second-order valence-corrected chi connectivity index (χ2v) is 5.42. The summed E-state index contributed by atoms with van der Waals surface area (Å²) in [5.74, 6) is 0.935. The Kier molecular flexibility index (Phi) is 3.77. The van der Waals surface area contributed by atoms with E-state index in [2.05, 4.69) is 33.8 Å². The molecule has 0 saturated carbocycles. The van der Waals surface area contributed by atoms with Crippen LogP contribution in [0.4, 0.5) is 5.82 Å². The normalized spacial score (nSPS) is 17.8. The number of hydrogen-bond donors (Lipinski definition) is 1. The van der Waals surface area contributed by atoms with Crippen LogP contribution in [-0.2, 0) is 0 Å². The summed E-state index contributed by atoms with van der Waals surface area (Å²) in [6.45, 7) is 7.86. The van der Waals surface area contributed by atoms with E-state index < -0.39 is 0 Å². The third kappa shape index (κ3) is 2.59. The zero-order valence-electron chi connectivity index (χ0n) is 10.8. The van der Waals surface area contributed by atoms with Crippen LogP contribution < -0.4 is 10.6 Å². The predicted molar refractivity (Wildman–Crippen MR) is 76.7 cm³/mol. The molecule has 0 aliphatic carbocycles. The Labute approximate surface area is 113 Å². The number of hydrogen-bond acceptors (Lipinski definition) is 5. The van der Waals surface area contributed by atoms with Crippen LogP contribution in [-0.4, -0.2) is 51.8 Å². The summed E-state index contributed by atoms with van der Waals surface area (Å²) < 4.78 is 0. The van der Waals surface area contributed by atoms with E-state index in [1.807, 2.05) is 12.1 Å². The fourth-order valence-corrected chi connectivity index (χ4v) is 2.24. The number of aromatic nitrogens is 2. The number of thiocarbonyl (C=S) groups is 1. The van der Waals surface area contributed by atoms with Gasteiger partial charge in [-0.25, -0.2) is 0 Å². The highest BCUT2D eigenvalue weighted by Crippen LogP contribution is 2.19. The van der Waals surface area contributed by atoms with E-state index in [1.165, 1.54) is 0 Å². The van der Waals surface area contributed by atoms with Crippen LogP contribution in [0, 0.1) is 0 Å². The molecule has 0 atom stereocenters. The second-order valence-electron chi connectivity index (χ2n) is 4.98. The van der Waals surface area contributed by atoms with Gasteiger partial charge in [0.1, 0.15) is 0 Å². The molecule has 1 aromatic rings. The minimum atomic E-state index is -0.218. The molecule has 5 nitrogen and oxygen atoms in total. The van der Waals surface area contributed by atoms with Crippen molar-refractivity contribution in [3.05, 3.63) is 18.3 Å². The van der Waals surface area contributed by atoms with Gasteiger partial charge in [0.25, 0.3) is 0 Å². The lowest BCUT2D eigenvalue weighted by molar-refractivity contribution is 0.168. The van der Waals surface area contributed by atoms with Gasteiger partial charge in [0.2, 0.25) is 0 Å². The SMILES string of the molecule is CC(C)(C(N)=S)N1CCN(c2cccnn2)CC1. The minimum Gasteiger partial charge on any atom is -0.392 e. The van der Waals surface area contributed by atoms with Gasteiger partial charge in [-0.05, 0) is 26.0 Å². The summed E-state index contributed by atoms with van der Waals surface area (Å²) in [5, 5.41) is 8.04. The maximum absolute atomic E-state index is 5.80. The molecular weight excluding hydrogens is 246 g/mol. The van der Waals surface area contributed by atoms with Gasteiger partial charge in [0.15, 0.2) is 5.82 Å². The second kappa shape index (κ2) is 5.16. The quantitative estimate of drug-likeness (QED) is 0.810. The van der Waals surface area contributed by atoms with Crippen LogP contribution in [0.2, 0.25) is 0 Å². The molecule has 1 saturated heterocycles. The highest BCUT2D eigenvalue weighted by molar-refractivity contribution is 7.80. The van der Waals surface area contributed by atoms with Crippen molar-refractivity contribution in [1.29, 1.82) is 0 Å².